The molecule has 1 saturated carbocycles. The quantitative estimate of drug-likeness (QED) is 0.586. The molecule has 68 valence electrons. The first kappa shape index (κ1) is 8.05. The molecule has 1 aliphatic carbocycles. The maximum absolute atomic E-state index is 11.7. The summed E-state index contributed by atoms with van der Waals surface area (Å²) < 4.78 is 5.14. The molecule has 0 aromatic heterocycles. The van der Waals surface area contributed by atoms with Crippen molar-refractivity contribution in [1.82, 2.24) is 4.90 Å². The zero-order valence-corrected chi connectivity index (χ0v) is 7.29. The van der Waals surface area contributed by atoms with Gasteiger partial charge in [0.05, 0.1) is 6.61 Å². The van der Waals surface area contributed by atoms with E-state index in [1.54, 1.807) is 0 Å². The van der Waals surface area contributed by atoms with Gasteiger partial charge in [0.1, 0.15) is 6.73 Å². The standard InChI is InChI=1S/C9H15NO2/c11-9(8-3-1-2-4-8)10-5-6-12-7-10/h8H,1-7H2. The van der Waals surface area contributed by atoms with Crippen LogP contribution in [0.4, 0.5) is 0 Å². The summed E-state index contributed by atoms with van der Waals surface area (Å²) in [7, 11) is 0. The Bertz CT molecular complexity index is 151. The van der Waals surface area contributed by atoms with Gasteiger partial charge < -0.3 is 9.64 Å². The van der Waals surface area contributed by atoms with Crippen LogP contribution in [-0.4, -0.2) is 30.7 Å². The minimum absolute atomic E-state index is 0.312. The Labute approximate surface area is 72.7 Å². The molecule has 3 heteroatoms. The van der Waals surface area contributed by atoms with E-state index in [0.29, 0.717) is 18.6 Å². The monoisotopic (exact) mass is 169 g/mol. The molecule has 0 bridgehead atoms. The van der Waals surface area contributed by atoms with Crippen molar-refractivity contribution < 1.29 is 9.53 Å². The second-order valence-corrected chi connectivity index (χ2v) is 3.62. The molecule has 3 nitrogen and oxygen atoms in total. The lowest BCUT2D eigenvalue weighted by Crippen LogP contribution is -2.33. The van der Waals surface area contributed by atoms with Crippen molar-refractivity contribution in [2.24, 2.45) is 5.92 Å². The van der Waals surface area contributed by atoms with Crippen LogP contribution >= 0.6 is 0 Å². The lowest BCUT2D eigenvalue weighted by Gasteiger charge is -2.17. The highest BCUT2D eigenvalue weighted by Crippen LogP contribution is 2.26. The highest BCUT2D eigenvalue weighted by molar-refractivity contribution is 5.79. The fourth-order valence-corrected chi connectivity index (χ4v) is 2.02. The maximum atomic E-state index is 11.7. The third-order valence-corrected chi connectivity index (χ3v) is 2.77. The van der Waals surface area contributed by atoms with E-state index in [9.17, 15) is 4.79 Å². The summed E-state index contributed by atoms with van der Waals surface area (Å²) in [6.07, 6.45) is 4.64. The average molecular weight is 169 g/mol. The first-order valence-electron chi connectivity index (χ1n) is 4.74. The number of rotatable bonds is 1. The molecule has 0 N–H and O–H groups in total. The number of ether oxygens (including phenoxy) is 1. The summed E-state index contributed by atoms with van der Waals surface area (Å²) in [5.74, 6) is 0.636. The van der Waals surface area contributed by atoms with E-state index in [1.807, 2.05) is 4.90 Å². The van der Waals surface area contributed by atoms with Crippen LogP contribution in [0.15, 0.2) is 0 Å². The minimum atomic E-state index is 0.312. The Hall–Kier alpha value is -0.570. The molecule has 2 fully saturated rings. The molecule has 1 heterocycles. The van der Waals surface area contributed by atoms with E-state index in [1.165, 1.54) is 12.8 Å². The van der Waals surface area contributed by atoms with Gasteiger partial charge in [-0.1, -0.05) is 12.8 Å². The van der Waals surface area contributed by atoms with E-state index < -0.39 is 0 Å². The molecule has 0 radical (unpaired) electrons. The summed E-state index contributed by atoms with van der Waals surface area (Å²) in [5.41, 5.74) is 0. The molecular weight excluding hydrogens is 154 g/mol. The van der Waals surface area contributed by atoms with Gasteiger partial charge >= 0.3 is 0 Å². The van der Waals surface area contributed by atoms with Crippen molar-refractivity contribution in [2.75, 3.05) is 19.9 Å². The minimum Gasteiger partial charge on any atom is -0.359 e. The topological polar surface area (TPSA) is 29.5 Å². The largest absolute Gasteiger partial charge is 0.359 e. The third-order valence-electron chi connectivity index (χ3n) is 2.77. The molecule has 0 atom stereocenters. The summed E-state index contributed by atoms with van der Waals surface area (Å²) in [6, 6.07) is 0. The Morgan fingerprint density at radius 1 is 1.33 bits per heavy atom. The summed E-state index contributed by atoms with van der Waals surface area (Å²) in [6.45, 7) is 2.04. The van der Waals surface area contributed by atoms with E-state index in [0.717, 1.165) is 26.0 Å². The Kier molecular flexibility index (Phi) is 2.30. The zero-order chi connectivity index (χ0) is 8.39. The number of carbonyl (C=O) groups is 1. The molecule has 2 aliphatic rings. The lowest BCUT2D eigenvalue weighted by atomic mass is 10.1. The molecule has 1 amide bonds. The van der Waals surface area contributed by atoms with Gasteiger partial charge in [0.2, 0.25) is 5.91 Å². The van der Waals surface area contributed by atoms with Crippen molar-refractivity contribution in [1.29, 1.82) is 0 Å². The number of nitrogens with zero attached hydrogens (tertiary/aromatic N) is 1. The smallest absolute Gasteiger partial charge is 0.227 e. The molecule has 2 rings (SSSR count). The van der Waals surface area contributed by atoms with Gasteiger partial charge in [-0.2, -0.15) is 0 Å². The lowest BCUT2D eigenvalue weighted by molar-refractivity contribution is -0.135. The number of carbonyl (C=O) groups excluding carboxylic acids is 1. The van der Waals surface area contributed by atoms with Gasteiger partial charge in [0.25, 0.3) is 0 Å². The van der Waals surface area contributed by atoms with E-state index in [2.05, 4.69) is 0 Å². The summed E-state index contributed by atoms with van der Waals surface area (Å²) >= 11 is 0. The Balaban J connectivity index is 1.89. The molecule has 0 unspecified atom stereocenters. The summed E-state index contributed by atoms with van der Waals surface area (Å²) in [5, 5.41) is 0. The van der Waals surface area contributed by atoms with Gasteiger partial charge in [-0.3, -0.25) is 4.79 Å². The predicted molar refractivity (Wildman–Crippen MR) is 44.5 cm³/mol. The van der Waals surface area contributed by atoms with Crippen molar-refractivity contribution in [3.05, 3.63) is 0 Å². The average Bonchev–Trinajstić information content (AvgIpc) is 2.77. The number of hydrogen-bond acceptors (Lipinski definition) is 2. The molecule has 1 aliphatic heterocycles. The van der Waals surface area contributed by atoms with Gasteiger partial charge in [-0.05, 0) is 12.8 Å². The van der Waals surface area contributed by atoms with Gasteiger partial charge in [0, 0.05) is 12.5 Å². The molecule has 0 aromatic rings. The van der Waals surface area contributed by atoms with E-state index in [-0.39, 0.29) is 0 Å². The first-order chi connectivity index (χ1) is 5.88. The first-order valence-corrected chi connectivity index (χ1v) is 4.74. The van der Waals surface area contributed by atoms with Crippen LogP contribution in [0.25, 0.3) is 0 Å². The van der Waals surface area contributed by atoms with Crippen LogP contribution in [0, 0.1) is 5.92 Å². The highest BCUT2D eigenvalue weighted by atomic mass is 16.5. The van der Waals surface area contributed by atoms with Crippen molar-refractivity contribution in [3.63, 3.8) is 0 Å². The van der Waals surface area contributed by atoms with Crippen molar-refractivity contribution >= 4 is 5.91 Å². The normalized spacial score (nSPS) is 25.2. The molecule has 0 aromatic carbocycles. The highest BCUT2D eigenvalue weighted by Gasteiger charge is 2.28. The Morgan fingerprint density at radius 3 is 2.67 bits per heavy atom. The second kappa shape index (κ2) is 3.44. The van der Waals surface area contributed by atoms with E-state index in [4.69, 9.17) is 4.74 Å². The van der Waals surface area contributed by atoms with Gasteiger partial charge in [-0.25, -0.2) is 0 Å². The summed E-state index contributed by atoms with van der Waals surface area (Å²) in [4.78, 5) is 13.5. The van der Waals surface area contributed by atoms with E-state index >= 15 is 0 Å². The van der Waals surface area contributed by atoms with Crippen LogP contribution in [-0.2, 0) is 9.53 Å². The Morgan fingerprint density at radius 2 is 2.08 bits per heavy atom. The van der Waals surface area contributed by atoms with Gasteiger partial charge in [-0.15, -0.1) is 0 Å². The van der Waals surface area contributed by atoms with Crippen LogP contribution in [0.5, 0.6) is 0 Å². The molecule has 12 heavy (non-hydrogen) atoms. The molecular formula is C9H15NO2. The predicted octanol–water partition coefficient (Wildman–Crippen LogP) is 0.993. The maximum Gasteiger partial charge on any atom is 0.227 e. The molecule has 1 saturated heterocycles. The van der Waals surface area contributed by atoms with Crippen molar-refractivity contribution in [2.45, 2.75) is 25.7 Å². The van der Waals surface area contributed by atoms with Crippen LogP contribution in [0.3, 0.4) is 0 Å². The van der Waals surface area contributed by atoms with Gasteiger partial charge in [0.15, 0.2) is 0 Å². The fourth-order valence-electron chi connectivity index (χ4n) is 2.02. The zero-order valence-electron chi connectivity index (χ0n) is 7.29. The fraction of sp³-hybridized carbons (Fsp3) is 0.889. The van der Waals surface area contributed by atoms with Crippen LogP contribution in [0.2, 0.25) is 0 Å². The SMILES string of the molecule is O=C(C1CCCC1)N1CCOC1. The number of hydrogen-bond donors (Lipinski definition) is 0. The molecule has 0 spiro atoms. The number of amides is 1. The third kappa shape index (κ3) is 1.46. The van der Waals surface area contributed by atoms with Crippen LogP contribution < -0.4 is 0 Å². The van der Waals surface area contributed by atoms with Crippen LogP contribution in [0.1, 0.15) is 25.7 Å². The van der Waals surface area contributed by atoms with Crippen molar-refractivity contribution in [3.8, 4) is 0 Å². The second-order valence-electron chi connectivity index (χ2n) is 3.62.